The molecule has 4 saturated heterocycles. The van der Waals surface area contributed by atoms with E-state index in [0.29, 0.717) is 28.8 Å². The van der Waals surface area contributed by atoms with Crippen LogP contribution in [-0.4, -0.2) is 113 Å². The molecule has 4 fully saturated rings. The second-order valence-electron chi connectivity index (χ2n) is 14.9. The summed E-state index contributed by atoms with van der Waals surface area (Å²) in [5.41, 5.74) is 6.10. The number of halogens is 2. The number of piperazine rings is 3. The minimum atomic E-state index is -1.17. The molecule has 0 unspecified atom stereocenters. The lowest BCUT2D eigenvalue weighted by molar-refractivity contribution is -1.08. The Balaban J connectivity index is 0.00000224. The van der Waals surface area contributed by atoms with Gasteiger partial charge in [0.05, 0.1) is 18.1 Å². The minimum Gasteiger partial charge on any atom is -1.00 e. The normalized spacial score (nSPS) is 27.5. The predicted molar refractivity (Wildman–Crippen MR) is 183 cm³/mol. The van der Waals surface area contributed by atoms with Crippen LogP contribution >= 0.6 is 0 Å². The number of carboxylic acids is 1. The van der Waals surface area contributed by atoms with Gasteiger partial charge in [0.25, 0.3) is 5.91 Å². The molecule has 9 rings (SSSR count). The zero-order chi connectivity index (χ0) is 34.4. The van der Waals surface area contributed by atoms with Crippen LogP contribution in [0.15, 0.2) is 72.4 Å². The number of hydrogen-bond acceptors (Lipinski definition) is 5. The number of aliphatic hydroxyl groups excluding tert-OH is 1. The van der Waals surface area contributed by atoms with Crippen LogP contribution in [0.3, 0.4) is 0 Å². The first-order chi connectivity index (χ1) is 23.4. The summed E-state index contributed by atoms with van der Waals surface area (Å²) in [6.07, 6.45) is -0.873. The summed E-state index contributed by atoms with van der Waals surface area (Å²) in [5.74, 6) is -2.35. The van der Waals surface area contributed by atoms with Gasteiger partial charge in [-0.2, -0.15) is 0 Å². The second-order valence-corrected chi connectivity index (χ2v) is 14.9. The third-order valence-corrected chi connectivity index (χ3v) is 12.2. The smallest absolute Gasteiger partial charge is 0.352 e. The third-order valence-electron chi connectivity index (χ3n) is 12.2. The van der Waals surface area contributed by atoms with E-state index >= 15 is 0 Å². The first-order valence-corrected chi connectivity index (χ1v) is 17.3. The second kappa shape index (κ2) is 13.2. The van der Waals surface area contributed by atoms with E-state index in [2.05, 4.69) is 6.07 Å². The van der Waals surface area contributed by atoms with Crippen molar-refractivity contribution >= 4 is 34.8 Å². The van der Waals surface area contributed by atoms with Crippen molar-refractivity contribution in [3.05, 3.63) is 94.7 Å². The van der Waals surface area contributed by atoms with Crippen LogP contribution in [0.25, 0.3) is 16.7 Å². The molecule has 2 N–H and O–H groups in total. The fourth-order valence-electron chi connectivity index (χ4n) is 9.34. The number of carboxylic acid groups (broad SMARTS) is 1. The molecule has 10 nitrogen and oxygen atoms in total. The number of quaternary nitrogens is 2. The van der Waals surface area contributed by atoms with E-state index in [1.165, 1.54) is 4.90 Å². The summed E-state index contributed by atoms with van der Waals surface area (Å²) >= 11 is 0. The number of likely N-dealkylation sites (N-methyl/N-ethyl adjacent to an activating group) is 1. The van der Waals surface area contributed by atoms with E-state index in [4.69, 9.17) is 0 Å². The molecule has 4 atom stereocenters. The lowest BCUT2D eigenvalue weighted by Crippen LogP contribution is -3.00. The van der Waals surface area contributed by atoms with Crippen LogP contribution in [0.4, 0.5) is 5.69 Å². The molecule has 268 valence electrons. The summed E-state index contributed by atoms with van der Waals surface area (Å²) in [7, 11) is 1.86. The zero-order valence-electron chi connectivity index (χ0n) is 28.9. The van der Waals surface area contributed by atoms with Gasteiger partial charge in [0.2, 0.25) is 5.91 Å². The van der Waals surface area contributed by atoms with Gasteiger partial charge < -0.3 is 53.8 Å². The molecule has 0 aromatic heterocycles. The number of para-hydroxylation sites is 1. The van der Waals surface area contributed by atoms with Crippen LogP contribution in [-0.2, 0) is 20.9 Å². The molecule has 6 aliphatic rings. The Morgan fingerprint density at radius 2 is 1.49 bits per heavy atom. The first kappa shape index (κ1) is 36.7. The number of benzene rings is 3. The van der Waals surface area contributed by atoms with Gasteiger partial charge in [-0.15, -0.1) is 0 Å². The average molecular weight is 734 g/mol. The summed E-state index contributed by atoms with van der Waals surface area (Å²) in [6.45, 7) is 10.7. The van der Waals surface area contributed by atoms with Crippen molar-refractivity contribution in [2.45, 2.75) is 32.5 Å². The summed E-state index contributed by atoms with van der Waals surface area (Å²) in [6, 6.07) is 21.0. The highest BCUT2D eigenvalue weighted by Gasteiger charge is 2.60. The highest BCUT2D eigenvalue weighted by molar-refractivity contribution is 6.22. The summed E-state index contributed by atoms with van der Waals surface area (Å²) < 4.78 is 1.79. The van der Waals surface area contributed by atoms with Gasteiger partial charge in [-0.05, 0) is 59.5 Å². The number of ketones is 1. The molecule has 12 heteroatoms. The van der Waals surface area contributed by atoms with Crippen molar-refractivity contribution in [1.82, 2.24) is 4.90 Å². The molecule has 3 aromatic rings. The molecule has 1 aliphatic carbocycles. The fourth-order valence-corrected chi connectivity index (χ4v) is 9.34. The number of carbonyl (C=O) groups is 4. The number of aliphatic hydroxyl groups is 1. The summed E-state index contributed by atoms with van der Waals surface area (Å²) in [5, 5.41) is 20.4. The molecule has 2 amide bonds. The van der Waals surface area contributed by atoms with E-state index in [1.54, 1.807) is 24.0 Å². The number of rotatable bonds is 8. The van der Waals surface area contributed by atoms with Crippen LogP contribution in [0.1, 0.15) is 40.9 Å². The first-order valence-electron chi connectivity index (χ1n) is 17.3. The Morgan fingerprint density at radius 1 is 0.863 bits per heavy atom. The maximum atomic E-state index is 13.7. The number of carbonyl (C=O) groups excluding carboxylic acids is 3. The lowest BCUT2D eigenvalue weighted by Gasteiger charge is -2.55. The van der Waals surface area contributed by atoms with Gasteiger partial charge in [0.15, 0.2) is 12.3 Å². The maximum absolute atomic E-state index is 13.7. The highest BCUT2D eigenvalue weighted by atomic mass is 35.5. The Labute approximate surface area is 309 Å². The Morgan fingerprint density at radius 3 is 2.12 bits per heavy atom. The SMILES string of the molecule is C[C@@H](O)[C@H]1C(=O)N2C(C(=O)O)=C(c3ccc4c(c3)-c3ccc(C[N+]56CC[N+](CC(=O)N(C)c7ccccc7)(CC5)CC6)cc3C4=O)[C@H](C)[C@H]12.[Cl-].[Cl-]. The van der Waals surface area contributed by atoms with Gasteiger partial charge in [-0.25, -0.2) is 4.79 Å². The topological polar surface area (TPSA) is 115 Å². The predicted octanol–water partition coefficient (Wildman–Crippen LogP) is -2.62. The number of anilines is 1. The number of hydrogen-bond donors (Lipinski definition) is 2. The Kier molecular flexibility index (Phi) is 9.48. The van der Waals surface area contributed by atoms with Crippen molar-refractivity contribution in [3.8, 4) is 11.1 Å². The number of amides is 2. The van der Waals surface area contributed by atoms with Crippen LogP contribution in [0, 0.1) is 11.8 Å². The van der Waals surface area contributed by atoms with Crippen LogP contribution < -0.4 is 29.7 Å². The largest absolute Gasteiger partial charge is 1.00 e. The number of nitrogens with zero attached hydrogens (tertiary/aromatic N) is 4. The number of aliphatic carboxylic acids is 1. The molecular formula is C39H42Cl2N4O6. The average Bonchev–Trinajstić information content (AvgIpc) is 3.52. The number of fused-ring (bicyclic) bond motifs is 7. The van der Waals surface area contributed by atoms with Crippen molar-refractivity contribution < 1.29 is 63.2 Å². The van der Waals surface area contributed by atoms with Gasteiger partial charge >= 0.3 is 5.97 Å². The highest BCUT2D eigenvalue weighted by Crippen LogP contribution is 2.51. The molecule has 0 saturated carbocycles. The Bertz CT molecular complexity index is 1960. The van der Waals surface area contributed by atoms with Gasteiger partial charge in [-0.1, -0.05) is 43.3 Å². The summed E-state index contributed by atoms with van der Waals surface area (Å²) in [4.78, 5) is 55.4. The fraction of sp³-hybridized carbons (Fsp3) is 0.385. The van der Waals surface area contributed by atoms with Gasteiger partial charge in [0, 0.05) is 35.3 Å². The third kappa shape index (κ3) is 5.68. The van der Waals surface area contributed by atoms with E-state index in [1.807, 2.05) is 62.5 Å². The minimum absolute atomic E-state index is 0. The maximum Gasteiger partial charge on any atom is 0.352 e. The quantitative estimate of drug-likeness (QED) is 0.152. The van der Waals surface area contributed by atoms with E-state index < -0.39 is 24.0 Å². The van der Waals surface area contributed by atoms with E-state index in [-0.39, 0.29) is 54.0 Å². The van der Waals surface area contributed by atoms with Crippen molar-refractivity contribution in [2.75, 3.05) is 57.8 Å². The molecular weight excluding hydrogens is 691 g/mol. The molecule has 3 aromatic carbocycles. The van der Waals surface area contributed by atoms with Crippen LogP contribution in [0.2, 0.25) is 0 Å². The number of β-lactam (4-membered cyclic amide) rings is 1. The standard InChI is InChI=1S/C39H41N4O6.2ClH/c1-23-33(36(39(48)49)41-35(23)34(24(2)44)38(41)47)26-10-12-29-30(20-26)28-11-9-25(19-31(28)37(29)46)21-42-13-16-43(17-14-42,18-15-42)22-32(45)40(3)27-7-5-4-6-8-27;;/h4-12,19-20,23-24,34-35,44H,13-18,21-22H2,1-3H3;2*1H/q+1;;/p-1/t23-,24+,34+,35+,42?,43?;;/m0../s1. The lowest BCUT2D eigenvalue weighted by atomic mass is 9.76. The molecule has 5 heterocycles. The zero-order valence-corrected chi connectivity index (χ0v) is 30.4. The van der Waals surface area contributed by atoms with Crippen molar-refractivity contribution in [2.24, 2.45) is 11.8 Å². The van der Waals surface area contributed by atoms with Gasteiger partial charge in [-0.3, -0.25) is 14.4 Å². The van der Waals surface area contributed by atoms with Crippen molar-refractivity contribution in [3.63, 3.8) is 0 Å². The molecule has 0 spiro atoms. The molecule has 0 radical (unpaired) electrons. The van der Waals surface area contributed by atoms with Crippen LogP contribution in [0.5, 0.6) is 0 Å². The monoisotopic (exact) mass is 732 g/mol. The molecule has 51 heavy (non-hydrogen) atoms. The van der Waals surface area contributed by atoms with Gasteiger partial charge in [0.1, 0.15) is 51.5 Å². The molecule has 2 bridgehead atoms. The van der Waals surface area contributed by atoms with E-state index in [9.17, 15) is 29.4 Å². The Hall–Kier alpha value is -4.06. The van der Waals surface area contributed by atoms with Crippen molar-refractivity contribution in [1.29, 1.82) is 0 Å². The van der Waals surface area contributed by atoms with E-state index in [0.717, 1.165) is 77.2 Å². The molecule has 5 aliphatic heterocycles.